The van der Waals surface area contributed by atoms with Crippen molar-refractivity contribution in [3.63, 3.8) is 0 Å². The van der Waals surface area contributed by atoms with Gasteiger partial charge in [0, 0.05) is 31.9 Å². The van der Waals surface area contributed by atoms with Gasteiger partial charge in [-0.3, -0.25) is 0 Å². The van der Waals surface area contributed by atoms with Crippen LogP contribution in [0.5, 0.6) is 0 Å². The predicted octanol–water partition coefficient (Wildman–Crippen LogP) is 2.68. The summed E-state index contributed by atoms with van der Waals surface area (Å²) in [6, 6.07) is 16.2. The Hall–Kier alpha value is -3.07. The molecule has 6 heteroatoms. The van der Waals surface area contributed by atoms with E-state index in [1.165, 1.54) is 0 Å². The number of piperidine rings is 1. The lowest BCUT2D eigenvalue weighted by Gasteiger charge is -2.33. The Balaban J connectivity index is 1.54. The number of hydrogen-bond acceptors (Lipinski definition) is 4. The van der Waals surface area contributed by atoms with Gasteiger partial charge in [0.2, 0.25) is 0 Å². The molecule has 0 saturated carbocycles. The molecule has 140 valence electrons. The minimum atomic E-state index is 0.406. The molecule has 1 aromatic carbocycles. The number of nitrogens with zero attached hydrogens (tertiary/aromatic N) is 4. The van der Waals surface area contributed by atoms with Gasteiger partial charge in [-0.15, -0.1) is 0 Å². The topological polar surface area (TPSA) is 76.3 Å². The average Bonchev–Trinajstić information content (AvgIpc) is 2.74. The zero-order valence-electron chi connectivity index (χ0n) is 15.7. The quantitative estimate of drug-likeness (QED) is 0.632. The largest absolute Gasteiger partial charge is 0.357 e. The highest BCUT2D eigenvalue weighted by molar-refractivity contribution is 5.80. The molecule has 2 heterocycles. The van der Waals surface area contributed by atoms with Gasteiger partial charge in [-0.1, -0.05) is 18.2 Å². The summed E-state index contributed by atoms with van der Waals surface area (Å²) in [5.74, 6) is 1.90. The monoisotopic (exact) mass is 362 g/mol. The zero-order chi connectivity index (χ0) is 18.9. The van der Waals surface area contributed by atoms with Crippen molar-refractivity contribution in [3.05, 3.63) is 59.8 Å². The molecule has 1 fully saturated rings. The van der Waals surface area contributed by atoms with Crippen LogP contribution in [-0.2, 0) is 6.54 Å². The van der Waals surface area contributed by atoms with Crippen molar-refractivity contribution < 1.29 is 0 Å². The number of nitrogens with one attached hydrogen (secondary N) is 2. The van der Waals surface area contributed by atoms with Gasteiger partial charge in [-0.05, 0) is 49.6 Å². The van der Waals surface area contributed by atoms with Gasteiger partial charge in [0.05, 0.1) is 18.2 Å². The summed E-state index contributed by atoms with van der Waals surface area (Å²) in [6.45, 7) is 5.47. The number of anilines is 1. The van der Waals surface area contributed by atoms with E-state index in [9.17, 15) is 0 Å². The summed E-state index contributed by atoms with van der Waals surface area (Å²) >= 11 is 0. The highest BCUT2D eigenvalue weighted by Gasteiger charge is 2.20. The maximum atomic E-state index is 8.89. The van der Waals surface area contributed by atoms with E-state index in [1.807, 2.05) is 42.6 Å². The Morgan fingerprint density at radius 1 is 1.22 bits per heavy atom. The number of guanidine groups is 1. The summed E-state index contributed by atoms with van der Waals surface area (Å²) in [6.07, 6.45) is 3.95. The fraction of sp³-hybridized carbons (Fsp3) is 0.381. The van der Waals surface area contributed by atoms with Crippen LogP contribution in [-0.4, -0.2) is 36.6 Å². The summed E-state index contributed by atoms with van der Waals surface area (Å²) < 4.78 is 0. The fourth-order valence-corrected chi connectivity index (χ4v) is 3.16. The molecule has 6 nitrogen and oxygen atoms in total. The van der Waals surface area contributed by atoms with E-state index in [1.54, 1.807) is 0 Å². The van der Waals surface area contributed by atoms with Crippen LogP contribution in [0.2, 0.25) is 0 Å². The first-order valence-electron chi connectivity index (χ1n) is 9.48. The third-order valence-corrected chi connectivity index (χ3v) is 4.66. The predicted molar refractivity (Wildman–Crippen MR) is 109 cm³/mol. The molecule has 0 unspecified atom stereocenters. The minimum Gasteiger partial charge on any atom is -0.357 e. The molecule has 0 bridgehead atoms. The maximum Gasteiger partial charge on any atom is 0.191 e. The van der Waals surface area contributed by atoms with Crippen molar-refractivity contribution in [2.75, 3.05) is 24.5 Å². The Labute approximate surface area is 160 Å². The van der Waals surface area contributed by atoms with Gasteiger partial charge in [-0.2, -0.15) is 5.26 Å². The van der Waals surface area contributed by atoms with E-state index in [4.69, 9.17) is 10.3 Å². The van der Waals surface area contributed by atoms with E-state index in [0.717, 1.165) is 49.8 Å². The number of benzene rings is 1. The molecule has 0 spiro atoms. The standard InChI is InChI=1S/C21H26N6/c1-2-23-21(25-16-18-8-6-17(15-22)7-9-18)26-19-10-13-27(14-11-19)20-5-3-4-12-24-20/h3-9,12,19H,2,10-11,13-14,16H2,1H3,(H2,23,25,26). The van der Waals surface area contributed by atoms with Gasteiger partial charge >= 0.3 is 0 Å². The molecule has 2 aromatic rings. The summed E-state index contributed by atoms with van der Waals surface area (Å²) in [5.41, 5.74) is 1.77. The van der Waals surface area contributed by atoms with Crippen LogP contribution in [0.15, 0.2) is 53.7 Å². The van der Waals surface area contributed by atoms with E-state index >= 15 is 0 Å². The smallest absolute Gasteiger partial charge is 0.191 e. The number of aromatic nitrogens is 1. The van der Waals surface area contributed by atoms with Crippen LogP contribution >= 0.6 is 0 Å². The molecular formula is C21H26N6. The van der Waals surface area contributed by atoms with Gasteiger partial charge in [0.1, 0.15) is 5.82 Å². The van der Waals surface area contributed by atoms with Crippen LogP contribution in [0.1, 0.15) is 30.9 Å². The van der Waals surface area contributed by atoms with E-state index in [2.05, 4.69) is 39.6 Å². The number of pyridine rings is 1. The highest BCUT2D eigenvalue weighted by Crippen LogP contribution is 2.17. The Morgan fingerprint density at radius 3 is 2.63 bits per heavy atom. The SMILES string of the molecule is CCNC(=NCc1ccc(C#N)cc1)NC1CCN(c2ccccn2)CC1. The second-order valence-electron chi connectivity index (χ2n) is 6.60. The van der Waals surface area contributed by atoms with Gasteiger partial charge in [0.15, 0.2) is 5.96 Å². The van der Waals surface area contributed by atoms with Crippen LogP contribution in [0.4, 0.5) is 5.82 Å². The first-order valence-corrected chi connectivity index (χ1v) is 9.48. The second-order valence-corrected chi connectivity index (χ2v) is 6.60. The van der Waals surface area contributed by atoms with Crippen molar-refractivity contribution in [3.8, 4) is 6.07 Å². The Morgan fingerprint density at radius 2 is 2.00 bits per heavy atom. The van der Waals surface area contributed by atoms with Gasteiger partial charge < -0.3 is 15.5 Å². The molecule has 0 amide bonds. The van der Waals surface area contributed by atoms with Crippen molar-refractivity contribution >= 4 is 11.8 Å². The van der Waals surface area contributed by atoms with E-state index < -0.39 is 0 Å². The molecule has 0 aliphatic carbocycles. The molecule has 2 N–H and O–H groups in total. The Bertz CT molecular complexity index is 771. The zero-order valence-corrected chi connectivity index (χ0v) is 15.7. The van der Waals surface area contributed by atoms with Crippen LogP contribution in [0, 0.1) is 11.3 Å². The van der Waals surface area contributed by atoms with Crippen molar-refractivity contribution in [2.24, 2.45) is 4.99 Å². The molecule has 1 aliphatic rings. The molecule has 1 aliphatic heterocycles. The van der Waals surface area contributed by atoms with Crippen molar-refractivity contribution in [1.82, 2.24) is 15.6 Å². The number of nitriles is 1. The van der Waals surface area contributed by atoms with Crippen molar-refractivity contribution in [2.45, 2.75) is 32.4 Å². The molecule has 27 heavy (non-hydrogen) atoms. The third kappa shape index (κ3) is 5.45. The number of aliphatic imine (C=N–C) groups is 1. The van der Waals surface area contributed by atoms with E-state index in [-0.39, 0.29) is 0 Å². The summed E-state index contributed by atoms with van der Waals surface area (Å²) in [5, 5.41) is 15.8. The van der Waals surface area contributed by atoms with Crippen molar-refractivity contribution in [1.29, 1.82) is 5.26 Å². The minimum absolute atomic E-state index is 0.406. The Kier molecular flexibility index (Phi) is 6.64. The summed E-state index contributed by atoms with van der Waals surface area (Å²) in [7, 11) is 0. The number of rotatable bonds is 5. The maximum absolute atomic E-state index is 8.89. The molecular weight excluding hydrogens is 336 g/mol. The lowest BCUT2D eigenvalue weighted by molar-refractivity contribution is 0.459. The highest BCUT2D eigenvalue weighted by atomic mass is 15.2. The molecule has 1 saturated heterocycles. The van der Waals surface area contributed by atoms with Gasteiger partial charge in [-0.25, -0.2) is 9.98 Å². The molecule has 3 rings (SSSR count). The first-order chi connectivity index (χ1) is 13.3. The van der Waals surface area contributed by atoms with Crippen LogP contribution in [0.25, 0.3) is 0 Å². The number of hydrogen-bond donors (Lipinski definition) is 2. The van der Waals surface area contributed by atoms with E-state index in [0.29, 0.717) is 18.2 Å². The second kappa shape index (κ2) is 9.58. The van der Waals surface area contributed by atoms with Crippen LogP contribution in [0.3, 0.4) is 0 Å². The van der Waals surface area contributed by atoms with Crippen LogP contribution < -0.4 is 15.5 Å². The normalized spacial score (nSPS) is 15.3. The lowest BCUT2D eigenvalue weighted by atomic mass is 10.1. The fourth-order valence-electron chi connectivity index (χ4n) is 3.16. The molecule has 0 atom stereocenters. The molecule has 0 radical (unpaired) electrons. The average molecular weight is 362 g/mol. The molecule has 1 aromatic heterocycles. The van der Waals surface area contributed by atoms with Gasteiger partial charge in [0.25, 0.3) is 0 Å². The summed E-state index contributed by atoms with van der Waals surface area (Å²) in [4.78, 5) is 11.5. The first kappa shape index (κ1) is 18.7. The lowest BCUT2D eigenvalue weighted by Crippen LogP contribution is -2.48. The third-order valence-electron chi connectivity index (χ3n) is 4.66.